The number of aryl methyl sites for hydroxylation is 7. The maximum atomic E-state index is 5.23. The number of pyridine rings is 4. The molecule has 59 heavy (non-hydrogen) atoms. The van der Waals surface area contributed by atoms with Gasteiger partial charge >= 0.3 is 0 Å². The second-order valence-corrected chi connectivity index (χ2v) is 15.6. The highest BCUT2D eigenvalue weighted by molar-refractivity contribution is 6.13. The molecule has 0 saturated carbocycles. The van der Waals surface area contributed by atoms with Crippen LogP contribution in [-0.2, 0) is 44.9 Å². The number of aromatic nitrogens is 5. The summed E-state index contributed by atoms with van der Waals surface area (Å²) in [6.45, 7) is 2.27. The fourth-order valence-electron chi connectivity index (χ4n) is 8.79. The van der Waals surface area contributed by atoms with Crippen molar-refractivity contribution in [2.45, 2.75) is 51.9 Å². The summed E-state index contributed by atoms with van der Waals surface area (Å²) in [5.41, 5.74) is 18.8. The van der Waals surface area contributed by atoms with Crippen molar-refractivity contribution in [3.05, 3.63) is 209 Å². The molecule has 5 heterocycles. The van der Waals surface area contributed by atoms with Gasteiger partial charge in [-0.3, -0.25) is 19.4 Å². The highest BCUT2D eigenvalue weighted by Gasteiger charge is 2.19. The smallest absolute Gasteiger partial charge is 0.148 e. The van der Waals surface area contributed by atoms with E-state index < -0.39 is 0 Å². The van der Waals surface area contributed by atoms with Crippen molar-refractivity contribution < 1.29 is 0 Å². The van der Waals surface area contributed by atoms with E-state index in [4.69, 9.17) is 19.9 Å². The minimum absolute atomic E-state index is 0.907. The van der Waals surface area contributed by atoms with Gasteiger partial charge in [-0.25, -0.2) is 4.98 Å². The van der Waals surface area contributed by atoms with Crippen molar-refractivity contribution in [2.75, 3.05) is 0 Å². The molecular formula is C54H45N5. The number of hydrogen-bond acceptors (Lipinski definition) is 4. The van der Waals surface area contributed by atoms with Crippen LogP contribution in [0.4, 0.5) is 0 Å². The Labute approximate surface area is 345 Å². The van der Waals surface area contributed by atoms with E-state index in [0.29, 0.717) is 0 Å². The van der Waals surface area contributed by atoms with E-state index in [2.05, 4.69) is 157 Å². The van der Waals surface area contributed by atoms with Gasteiger partial charge in [-0.15, -0.1) is 0 Å². The largest absolute Gasteiger partial charge is 0.292 e. The quantitative estimate of drug-likeness (QED) is 0.116. The number of hydrogen-bond donors (Lipinski definition) is 0. The molecule has 0 aliphatic heterocycles. The molecule has 0 unspecified atom stereocenters. The summed E-state index contributed by atoms with van der Waals surface area (Å²) in [6.07, 6.45) is 12.8. The molecule has 0 fully saturated rings. The first kappa shape index (κ1) is 36.4. The zero-order valence-corrected chi connectivity index (χ0v) is 33.4. The Morgan fingerprint density at radius 1 is 0.458 bits per heavy atom. The van der Waals surface area contributed by atoms with E-state index in [1.54, 1.807) is 0 Å². The number of imidazole rings is 1. The molecule has 5 aromatic carbocycles. The molecule has 5 heteroatoms. The average molecular weight is 764 g/mol. The second kappa shape index (κ2) is 16.1. The maximum Gasteiger partial charge on any atom is 0.148 e. The summed E-state index contributed by atoms with van der Waals surface area (Å²) in [5, 5.41) is 2.33. The van der Waals surface area contributed by atoms with Crippen LogP contribution in [0.1, 0.15) is 45.9 Å². The van der Waals surface area contributed by atoms with E-state index in [1.165, 1.54) is 44.3 Å². The summed E-state index contributed by atoms with van der Waals surface area (Å²) in [4.78, 5) is 20.1. The Morgan fingerprint density at radius 2 is 0.983 bits per heavy atom. The van der Waals surface area contributed by atoms with Gasteiger partial charge in [0, 0.05) is 40.5 Å². The molecule has 0 amide bonds. The molecule has 5 nitrogen and oxygen atoms in total. The highest BCUT2D eigenvalue weighted by Crippen LogP contribution is 2.35. The van der Waals surface area contributed by atoms with Crippen molar-refractivity contribution in [3.63, 3.8) is 0 Å². The van der Waals surface area contributed by atoms with Crippen molar-refractivity contribution in [1.82, 2.24) is 24.3 Å². The number of nitrogens with zero attached hydrogens (tertiary/aromatic N) is 5. The second-order valence-electron chi connectivity index (χ2n) is 15.6. The van der Waals surface area contributed by atoms with Crippen LogP contribution in [0, 0.1) is 0 Å². The van der Waals surface area contributed by atoms with Gasteiger partial charge in [0.25, 0.3) is 0 Å². The first-order chi connectivity index (χ1) is 29.2. The van der Waals surface area contributed by atoms with Crippen molar-refractivity contribution in [3.8, 4) is 22.5 Å². The van der Waals surface area contributed by atoms with Crippen molar-refractivity contribution in [2.24, 2.45) is 0 Å². The Kier molecular flexibility index (Phi) is 9.93. The normalized spacial score (nSPS) is 11.6. The standard InChI is InChI=1S/C54H45N5/c1-2-45-44(36-57-53-46-17-9-11-19-50(46)59-51-20-12-10-18-49(51)58-54(59)52(45)53)28-25-41-32-39(23-21-37-26-29-47(55-34-37)42-13-5-3-6-14-42)31-40(33-41)24-22-38-27-30-48(56-35-38)43-15-7-4-8-16-43/h3-20,26-27,29-36H,2,21-25,28H2,1H3. The maximum absolute atomic E-state index is 5.23. The lowest BCUT2D eigenvalue weighted by molar-refractivity contribution is 0.891. The third-order valence-electron chi connectivity index (χ3n) is 11.8. The highest BCUT2D eigenvalue weighted by atomic mass is 15.0. The summed E-state index contributed by atoms with van der Waals surface area (Å²) < 4.78 is 2.34. The van der Waals surface area contributed by atoms with Crippen LogP contribution in [0.3, 0.4) is 0 Å². The molecule has 10 rings (SSSR count). The summed E-state index contributed by atoms with van der Waals surface area (Å²) >= 11 is 0. The molecule has 0 atom stereocenters. The van der Waals surface area contributed by atoms with Gasteiger partial charge in [-0.05, 0) is 114 Å². The topological polar surface area (TPSA) is 56.0 Å². The molecule has 0 spiro atoms. The molecule has 5 aromatic heterocycles. The van der Waals surface area contributed by atoms with E-state index in [-0.39, 0.29) is 0 Å². The van der Waals surface area contributed by atoms with Crippen molar-refractivity contribution >= 4 is 38.5 Å². The van der Waals surface area contributed by atoms with Crippen LogP contribution in [0.5, 0.6) is 0 Å². The zero-order valence-electron chi connectivity index (χ0n) is 33.4. The van der Waals surface area contributed by atoms with Crippen LogP contribution >= 0.6 is 0 Å². The molecular weight excluding hydrogens is 719 g/mol. The zero-order chi connectivity index (χ0) is 39.5. The van der Waals surface area contributed by atoms with E-state index >= 15 is 0 Å². The Hall–Kier alpha value is -6.98. The molecule has 0 radical (unpaired) electrons. The number of rotatable bonds is 12. The Balaban J connectivity index is 0.952. The Bertz CT molecular complexity index is 2960. The van der Waals surface area contributed by atoms with Crippen molar-refractivity contribution in [1.29, 1.82) is 0 Å². The summed E-state index contributed by atoms with van der Waals surface area (Å²) in [5.74, 6) is 0. The SMILES string of the molecule is CCc1c(CCc2cc(CCc3ccc(-c4ccccc4)nc3)cc(CCc3ccc(-c4ccccc4)nc3)c2)cnc2c3ccccc3n3c4ccccc4nc3c12. The van der Waals surface area contributed by atoms with Gasteiger partial charge in [0.2, 0.25) is 0 Å². The van der Waals surface area contributed by atoms with Crippen LogP contribution in [0.15, 0.2) is 170 Å². The predicted octanol–water partition coefficient (Wildman–Crippen LogP) is 12.2. The van der Waals surface area contributed by atoms with Crippen LogP contribution in [0.25, 0.3) is 61.0 Å². The van der Waals surface area contributed by atoms with Gasteiger partial charge < -0.3 is 0 Å². The van der Waals surface area contributed by atoms with Gasteiger partial charge in [0.15, 0.2) is 0 Å². The van der Waals surface area contributed by atoms with Gasteiger partial charge in [-0.1, -0.05) is 128 Å². The first-order valence-electron chi connectivity index (χ1n) is 20.9. The van der Waals surface area contributed by atoms with E-state index in [9.17, 15) is 0 Å². The van der Waals surface area contributed by atoms with E-state index in [0.717, 1.165) is 101 Å². The fourth-order valence-corrected chi connectivity index (χ4v) is 8.79. The Morgan fingerprint density at radius 3 is 1.56 bits per heavy atom. The molecule has 0 saturated heterocycles. The lowest BCUT2D eigenvalue weighted by atomic mass is 9.93. The van der Waals surface area contributed by atoms with Gasteiger partial charge in [0.1, 0.15) is 5.65 Å². The molecule has 0 aliphatic rings. The third kappa shape index (κ3) is 7.37. The lowest BCUT2D eigenvalue weighted by Crippen LogP contribution is -2.04. The summed E-state index contributed by atoms with van der Waals surface area (Å²) in [7, 11) is 0. The van der Waals surface area contributed by atoms with Gasteiger partial charge in [0.05, 0.1) is 33.5 Å². The monoisotopic (exact) mass is 763 g/mol. The van der Waals surface area contributed by atoms with E-state index in [1.807, 2.05) is 24.5 Å². The predicted molar refractivity (Wildman–Crippen MR) is 243 cm³/mol. The van der Waals surface area contributed by atoms with Crippen LogP contribution in [-0.4, -0.2) is 24.3 Å². The minimum atomic E-state index is 0.907. The molecule has 10 aromatic rings. The van der Waals surface area contributed by atoms with Gasteiger partial charge in [-0.2, -0.15) is 0 Å². The molecule has 0 bridgehead atoms. The first-order valence-corrected chi connectivity index (χ1v) is 20.9. The number of para-hydroxylation sites is 3. The number of benzene rings is 5. The average Bonchev–Trinajstić information content (AvgIpc) is 3.70. The third-order valence-corrected chi connectivity index (χ3v) is 11.8. The summed E-state index contributed by atoms with van der Waals surface area (Å²) in [6, 6.07) is 53.9. The number of fused-ring (bicyclic) bond motifs is 8. The molecule has 0 aliphatic carbocycles. The molecule has 0 N–H and O–H groups in total. The van der Waals surface area contributed by atoms with Crippen LogP contribution in [0.2, 0.25) is 0 Å². The minimum Gasteiger partial charge on any atom is -0.292 e. The fraction of sp³-hybridized carbons (Fsp3) is 0.148. The molecule has 286 valence electrons. The van der Waals surface area contributed by atoms with Crippen LogP contribution < -0.4 is 0 Å². The lowest BCUT2D eigenvalue weighted by Gasteiger charge is -2.15.